The first-order chi connectivity index (χ1) is 11.2. The number of benzene rings is 1. The third-order valence-electron chi connectivity index (χ3n) is 3.68. The van der Waals surface area contributed by atoms with E-state index >= 15 is 0 Å². The smallest absolute Gasteiger partial charge is 0.242 e. The predicted octanol–water partition coefficient (Wildman–Crippen LogP) is 1.85. The second-order valence-corrected chi connectivity index (χ2v) is 5.67. The van der Waals surface area contributed by atoms with Gasteiger partial charge in [0, 0.05) is 19.6 Å². The summed E-state index contributed by atoms with van der Waals surface area (Å²) in [5, 5.41) is 16.8. The number of halogens is 1. The molecule has 0 unspecified atom stereocenters. The zero-order valence-electron chi connectivity index (χ0n) is 12.3. The maximum atomic E-state index is 12.3. The van der Waals surface area contributed by atoms with Crippen LogP contribution in [0, 0.1) is 11.3 Å². The van der Waals surface area contributed by atoms with Crippen molar-refractivity contribution in [2.75, 3.05) is 24.5 Å². The Hall–Kier alpha value is -2.49. The third-order valence-corrected chi connectivity index (χ3v) is 3.89. The summed E-state index contributed by atoms with van der Waals surface area (Å²) in [6, 6.07) is 12.8. The minimum atomic E-state index is -0.0125. The molecule has 0 spiro atoms. The van der Waals surface area contributed by atoms with Crippen LogP contribution in [0.15, 0.2) is 36.4 Å². The Bertz CT molecular complexity index is 739. The van der Waals surface area contributed by atoms with E-state index in [4.69, 9.17) is 16.9 Å². The summed E-state index contributed by atoms with van der Waals surface area (Å²) in [5.41, 5.74) is 1.72. The van der Waals surface area contributed by atoms with Crippen molar-refractivity contribution in [1.82, 2.24) is 15.1 Å². The van der Waals surface area contributed by atoms with Gasteiger partial charge in [-0.15, -0.1) is 10.2 Å². The number of anilines is 1. The molecule has 0 atom stereocenters. The van der Waals surface area contributed by atoms with E-state index in [0.717, 1.165) is 12.1 Å². The van der Waals surface area contributed by atoms with Crippen molar-refractivity contribution in [2.45, 2.75) is 6.54 Å². The number of aromatic nitrogens is 2. The van der Waals surface area contributed by atoms with E-state index in [0.29, 0.717) is 36.2 Å². The second kappa shape index (κ2) is 6.73. The maximum absolute atomic E-state index is 12.3. The van der Waals surface area contributed by atoms with Crippen LogP contribution in [0.3, 0.4) is 0 Å². The van der Waals surface area contributed by atoms with Crippen molar-refractivity contribution in [3.63, 3.8) is 0 Å². The fourth-order valence-corrected chi connectivity index (χ4v) is 2.60. The molecule has 0 saturated carbocycles. The fraction of sp³-hybridized carbons (Fsp3) is 0.250. The van der Waals surface area contributed by atoms with E-state index in [2.05, 4.69) is 21.2 Å². The van der Waals surface area contributed by atoms with Gasteiger partial charge in [0.05, 0.1) is 18.2 Å². The Balaban J connectivity index is 1.63. The first-order valence-corrected chi connectivity index (χ1v) is 7.54. The molecule has 1 saturated heterocycles. The van der Waals surface area contributed by atoms with Crippen LogP contribution in [0.25, 0.3) is 0 Å². The molecule has 6 nitrogen and oxygen atoms in total. The highest BCUT2D eigenvalue weighted by Crippen LogP contribution is 2.16. The average molecular weight is 328 g/mol. The van der Waals surface area contributed by atoms with Gasteiger partial charge >= 0.3 is 0 Å². The molecule has 23 heavy (non-hydrogen) atoms. The Labute approximate surface area is 138 Å². The first kappa shape index (κ1) is 15.4. The number of amides is 1. The van der Waals surface area contributed by atoms with Gasteiger partial charge in [-0.05, 0) is 29.8 Å². The SMILES string of the molecule is N#Cc1ccc(CN2CCN(c3ccc(Cl)nn3)C(=O)C2)cc1. The molecule has 0 radical (unpaired) electrons. The molecule has 2 heterocycles. The molecule has 1 aromatic carbocycles. The largest absolute Gasteiger partial charge is 0.293 e. The lowest BCUT2D eigenvalue weighted by Crippen LogP contribution is -2.50. The summed E-state index contributed by atoms with van der Waals surface area (Å²) in [5.74, 6) is 0.513. The number of carbonyl (C=O) groups excluding carboxylic acids is 1. The number of hydrogen-bond acceptors (Lipinski definition) is 5. The van der Waals surface area contributed by atoms with Gasteiger partial charge in [-0.3, -0.25) is 14.6 Å². The minimum Gasteiger partial charge on any atom is -0.293 e. The number of nitrogens with zero attached hydrogens (tertiary/aromatic N) is 5. The highest BCUT2D eigenvalue weighted by Gasteiger charge is 2.26. The number of piperazine rings is 1. The van der Waals surface area contributed by atoms with E-state index in [-0.39, 0.29) is 5.91 Å². The molecule has 1 aliphatic rings. The van der Waals surface area contributed by atoms with Crippen molar-refractivity contribution < 1.29 is 4.79 Å². The summed E-state index contributed by atoms with van der Waals surface area (Å²) in [7, 11) is 0. The minimum absolute atomic E-state index is 0.0125. The summed E-state index contributed by atoms with van der Waals surface area (Å²) in [6.07, 6.45) is 0. The highest BCUT2D eigenvalue weighted by atomic mass is 35.5. The quantitative estimate of drug-likeness (QED) is 0.860. The molecule has 0 bridgehead atoms. The van der Waals surface area contributed by atoms with Gasteiger partial charge in [0.2, 0.25) is 5.91 Å². The molecular weight excluding hydrogens is 314 g/mol. The lowest BCUT2D eigenvalue weighted by atomic mass is 10.1. The molecule has 1 aliphatic heterocycles. The van der Waals surface area contributed by atoms with Gasteiger partial charge in [-0.25, -0.2) is 0 Å². The molecule has 1 fully saturated rings. The highest BCUT2D eigenvalue weighted by molar-refractivity contribution is 6.29. The van der Waals surface area contributed by atoms with Crippen LogP contribution in [0.5, 0.6) is 0 Å². The van der Waals surface area contributed by atoms with Crippen molar-refractivity contribution in [2.24, 2.45) is 0 Å². The molecule has 0 N–H and O–H groups in total. The van der Waals surface area contributed by atoms with Crippen LogP contribution in [-0.2, 0) is 11.3 Å². The Kier molecular flexibility index (Phi) is 4.51. The Morgan fingerprint density at radius 2 is 1.91 bits per heavy atom. The van der Waals surface area contributed by atoms with Gasteiger partial charge in [-0.2, -0.15) is 5.26 Å². The van der Waals surface area contributed by atoms with E-state index in [1.807, 2.05) is 12.1 Å². The maximum Gasteiger partial charge on any atom is 0.242 e. The van der Waals surface area contributed by atoms with Gasteiger partial charge in [0.1, 0.15) is 0 Å². The number of carbonyl (C=O) groups is 1. The van der Waals surface area contributed by atoms with Gasteiger partial charge < -0.3 is 0 Å². The second-order valence-electron chi connectivity index (χ2n) is 5.28. The Morgan fingerprint density at radius 3 is 2.52 bits per heavy atom. The van der Waals surface area contributed by atoms with Crippen molar-refractivity contribution in [1.29, 1.82) is 5.26 Å². The lowest BCUT2D eigenvalue weighted by molar-refractivity contribution is -0.121. The number of rotatable bonds is 3. The summed E-state index contributed by atoms with van der Waals surface area (Å²) in [4.78, 5) is 16.0. The molecule has 7 heteroatoms. The monoisotopic (exact) mass is 327 g/mol. The lowest BCUT2D eigenvalue weighted by Gasteiger charge is -2.33. The molecule has 116 valence electrons. The number of hydrogen-bond donors (Lipinski definition) is 0. The summed E-state index contributed by atoms with van der Waals surface area (Å²) in [6.45, 7) is 2.31. The standard InChI is InChI=1S/C16H14ClN5O/c17-14-5-6-15(20-19-14)22-8-7-21(11-16(22)23)10-13-3-1-12(9-18)2-4-13/h1-6H,7-8,10-11H2. The van der Waals surface area contributed by atoms with E-state index in [1.165, 1.54) is 0 Å². The van der Waals surface area contributed by atoms with Crippen LogP contribution >= 0.6 is 11.6 Å². The van der Waals surface area contributed by atoms with Crippen LogP contribution in [0.4, 0.5) is 5.82 Å². The fourth-order valence-electron chi connectivity index (χ4n) is 2.49. The van der Waals surface area contributed by atoms with Crippen LogP contribution in [-0.4, -0.2) is 40.6 Å². The van der Waals surface area contributed by atoms with Gasteiger partial charge in [-0.1, -0.05) is 23.7 Å². The number of nitriles is 1. The molecule has 3 rings (SSSR count). The normalized spacial score (nSPS) is 15.5. The molecule has 1 aromatic heterocycles. The van der Waals surface area contributed by atoms with Crippen LogP contribution in [0.2, 0.25) is 5.15 Å². The summed E-state index contributed by atoms with van der Waals surface area (Å²) < 4.78 is 0. The summed E-state index contributed by atoms with van der Waals surface area (Å²) >= 11 is 5.72. The first-order valence-electron chi connectivity index (χ1n) is 7.17. The molecule has 1 amide bonds. The van der Waals surface area contributed by atoms with Crippen LogP contribution in [0.1, 0.15) is 11.1 Å². The van der Waals surface area contributed by atoms with E-state index in [9.17, 15) is 4.79 Å². The van der Waals surface area contributed by atoms with Crippen molar-refractivity contribution >= 4 is 23.3 Å². The molecule has 2 aromatic rings. The Morgan fingerprint density at radius 1 is 1.13 bits per heavy atom. The third kappa shape index (κ3) is 3.65. The zero-order chi connectivity index (χ0) is 16.2. The van der Waals surface area contributed by atoms with Gasteiger partial charge in [0.15, 0.2) is 11.0 Å². The zero-order valence-corrected chi connectivity index (χ0v) is 13.1. The van der Waals surface area contributed by atoms with E-state index in [1.54, 1.807) is 29.2 Å². The molecular formula is C16H14ClN5O. The van der Waals surface area contributed by atoms with Crippen LogP contribution < -0.4 is 4.90 Å². The van der Waals surface area contributed by atoms with Gasteiger partial charge in [0.25, 0.3) is 0 Å². The van der Waals surface area contributed by atoms with Crippen molar-refractivity contribution in [3.05, 3.63) is 52.7 Å². The topological polar surface area (TPSA) is 73.1 Å². The van der Waals surface area contributed by atoms with E-state index < -0.39 is 0 Å². The average Bonchev–Trinajstić information content (AvgIpc) is 2.57. The van der Waals surface area contributed by atoms with Crippen molar-refractivity contribution in [3.8, 4) is 6.07 Å². The molecule has 0 aliphatic carbocycles. The predicted molar refractivity (Wildman–Crippen MR) is 85.8 cm³/mol.